The van der Waals surface area contributed by atoms with Gasteiger partial charge < -0.3 is 9.73 Å². The average Bonchev–Trinajstić information content (AvgIpc) is 2.85. The zero-order chi connectivity index (χ0) is 13.0. The van der Waals surface area contributed by atoms with Crippen LogP contribution in [0.25, 0.3) is 0 Å². The van der Waals surface area contributed by atoms with E-state index in [1.165, 1.54) is 16.7 Å². The summed E-state index contributed by atoms with van der Waals surface area (Å²) in [6.07, 6.45) is 2.66. The van der Waals surface area contributed by atoms with Crippen molar-refractivity contribution in [1.29, 1.82) is 0 Å². The Hall–Kier alpha value is -1.54. The number of hydrogen-bond acceptors (Lipinski definition) is 2. The maximum absolute atomic E-state index is 5.32. The number of nitrogens with one attached hydrogen (secondary N) is 1. The molecule has 2 nitrogen and oxygen atoms in total. The fraction of sp³-hybridized carbons (Fsp3) is 0.375. The molecule has 1 heterocycles. The summed E-state index contributed by atoms with van der Waals surface area (Å²) in [5, 5.41) is 3.52. The third kappa shape index (κ3) is 3.23. The fourth-order valence-corrected chi connectivity index (χ4v) is 2.02. The average molecular weight is 243 g/mol. The molecule has 1 N–H and O–H groups in total. The number of hydrogen-bond donors (Lipinski definition) is 1. The van der Waals surface area contributed by atoms with Crippen LogP contribution in [-0.4, -0.2) is 6.54 Å². The molecule has 2 rings (SSSR count). The van der Waals surface area contributed by atoms with Gasteiger partial charge in [0.1, 0.15) is 5.76 Å². The van der Waals surface area contributed by atoms with Crippen molar-refractivity contribution in [1.82, 2.24) is 5.32 Å². The van der Waals surface area contributed by atoms with E-state index in [4.69, 9.17) is 4.42 Å². The maximum atomic E-state index is 5.32. The monoisotopic (exact) mass is 243 g/mol. The minimum Gasteiger partial charge on any atom is -0.469 e. The summed E-state index contributed by atoms with van der Waals surface area (Å²) in [6, 6.07) is 11.0. The van der Waals surface area contributed by atoms with Gasteiger partial charge >= 0.3 is 0 Å². The molecule has 2 heteroatoms. The molecule has 0 aliphatic rings. The molecule has 0 aliphatic carbocycles. The standard InChI is InChI=1S/C16H21NO/c1-12-6-7-15(11-13(12)2)14(3)17-9-8-16-5-4-10-18-16/h4-7,10-11,14,17H,8-9H2,1-3H3. The van der Waals surface area contributed by atoms with E-state index in [1.54, 1.807) is 6.26 Å². The second kappa shape index (κ2) is 5.87. The molecular formula is C16H21NO. The maximum Gasteiger partial charge on any atom is 0.105 e. The Kier molecular flexibility index (Phi) is 4.21. The first-order valence-corrected chi connectivity index (χ1v) is 6.50. The number of rotatable bonds is 5. The summed E-state index contributed by atoms with van der Waals surface area (Å²) in [5.41, 5.74) is 4.05. The van der Waals surface area contributed by atoms with Gasteiger partial charge in [0.05, 0.1) is 6.26 Å². The van der Waals surface area contributed by atoms with Crippen molar-refractivity contribution in [3.63, 3.8) is 0 Å². The predicted octanol–water partition coefficient (Wildman–Crippen LogP) is 3.79. The Morgan fingerprint density at radius 3 is 2.67 bits per heavy atom. The largest absolute Gasteiger partial charge is 0.469 e. The van der Waals surface area contributed by atoms with Crippen LogP contribution in [0, 0.1) is 13.8 Å². The van der Waals surface area contributed by atoms with E-state index in [1.807, 2.05) is 12.1 Å². The minimum absolute atomic E-state index is 0.374. The lowest BCUT2D eigenvalue weighted by Gasteiger charge is -2.15. The number of furan rings is 1. The topological polar surface area (TPSA) is 25.2 Å². The Labute approximate surface area is 109 Å². The van der Waals surface area contributed by atoms with Gasteiger partial charge in [-0.2, -0.15) is 0 Å². The molecule has 1 aromatic heterocycles. The van der Waals surface area contributed by atoms with E-state index < -0.39 is 0 Å². The van der Waals surface area contributed by atoms with Crippen molar-refractivity contribution in [2.75, 3.05) is 6.54 Å². The van der Waals surface area contributed by atoms with E-state index in [9.17, 15) is 0 Å². The molecule has 0 amide bonds. The van der Waals surface area contributed by atoms with Crippen molar-refractivity contribution in [3.8, 4) is 0 Å². The number of benzene rings is 1. The van der Waals surface area contributed by atoms with Crippen molar-refractivity contribution in [2.24, 2.45) is 0 Å². The molecule has 0 radical (unpaired) electrons. The van der Waals surface area contributed by atoms with Crippen LogP contribution in [-0.2, 0) is 6.42 Å². The Morgan fingerprint density at radius 2 is 2.00 bits per heavy atom. The van der Waals surface area contributed by atoms with E-state index in [-0.39, 0.29) is 0 Å². The van der Waals surface area contributed by atoms with Gasteiger partial charge in [-0.15, -0.1) is 0 Å². The van der Waals surface area contributed by atoms with Crippen LogP contribution in [0.3, 0.4) is 0 Å². The second-order valence-corrected chi connectivity index (χ2v) is 4.85. The summed E-state index contributed by atoms with van der Waals surface area (Å²) in [7, 11) is 0. The van der Waals surface area contributed by atoms with Crippen LogP contribution < -0.4 is 5.32 Å². The lowest BCUT2D eigenvalue weighted by Crippen LogP contribution is -2.21. The summed E-state index contributed by atoms with van der Waals surface area (Å²) in [5.74, 6) is 1.04. The summed E-state index contributed by atoms with van der Waals surface area (Å²) in [4.78, 5) is 0. The molecule has 1 unspecified atom stereocenters. The zero-order valence-electron chi connectivity index (χ0n) is 11.4. The molecule has 0 saturated carbocycles. The molecule has 1 atom stereocenters. The second-order valence-electron chi connectivity index (χ2n) is 4.85. The Bertz CT molecular complexity index is 488. The van der Waals surface area contributed by atoms with Gasteiger partial charge in [0, 0.05) is 19.0 Å². The summed E-state index contributed by atoms with van der Waals surface area (Å²) < 4.78 is 5.32. The molecule has 2 aromatic rings. The molecule has 1 aromatic carbocycles. The first-order valence-electron chi connectivity index (χ1n) is 6.50. The van der Waals surface area contributed by atoms with Crippen LogP contribution in [0.15, 0.2) is 41.0 Å². The molecule has 0 bridgehead atoms. The first-order chi connectivity index (χ1) is 8.66. The summed E-state index contributed by atoms with van der Waals surface area (Å²) in [6.45, 7) is 7.44. The summed E-state index contributed by atoms with van der Waals surface area (Å²) >= 11 is 0. The van der Waals surface area contributed by atoms with E-state index in [0.717, 1.165) is 18.7 Å². The van der Waals surface area contributed by atoms with Gasteiger partial charge in [-0.25, -0.2) is 0 Å². The van der Waals surface area contributed by atoms with Crippen molar-refractivity contribution >= 4 is 0 Å². The lowest BCUT2D eigenvalue weighted by molar-refractivity contribution is 0.486. The third-order valence-corrected chi connectivity index (χ3v) is 3.43. The van der Waals surface area contributed by atoms with E-state index in [0.29, 0.717) is 6.04 Å². The van der Waals surface area contributed by atoms with E-state index in [2.05, 4.69) is 44.3 Å². The first kappa shape index (κ1) is 12.9. The minimum atomic E-state index is 0.374. The zero-order valence-corrected chi connectivity index (χ0v) is 11.4. The highest BCUT2D eigenvalue weighted by molar-refractivity contribution is 5.31. The highest BCUT2D eigenvalue weighted by Crippen LogP contribution is 2.16. The highest BCUT2D eigenvalue weighted by Gasteiger charge is 2.06. The van der Waals surface area contributed by atoms with Crippen molar-refractivity contribution in [3.05, 3.63) is 59.0 Å². The Balaban J connectivity index is 1.87. The van der Waals surface area contributed by atoms with Gasteiger partial charge in [-0.05, 0) is 49.6 Å². The predicted molar refractivity (Wildman–Crippen MR) is 74.7 cm³/mol. The van der Waals surface area contributed by atoms with Crippen molar-refractivity contribution < 1.29 is 4.42 Å². The van der Waals surface area contributed by atoms with Crippen LogP contribution >= 0.6 is 0 Å². The Morgan fingerprint density at radius 1 is 1.17 bits per heavy atom. The van der Waals surface area contributed by atoms with Gasteiger partial charge in [0.25, 0.3) is 0 Å². The quantitative estimate of drug-likeness (QED) is 0.864. The lowest BCUT2D eigenvalue weighted by atomic mass is 10.0. The molecule has 0 saturated heterocycles. The van der Waals surface area contributed by atoms with Gasteiger partial charge in [-0.3, -0.25) is 0 Å². The molecule has 96 valence electrons. The highest BCUT2D eigenvalue weighted by atomic mass is 16.3. The van der Waals surface area contributed by atoms with E-state index >= 15 is 0 Å². The van der Waals surface area contributed by atoms with Crippen molar-refractivity contribution in [2.45, 2.75) is 33.2 Å². The van der Waals surface area contributed by atoms with Gasteiger partial charge in [0.15, 0.2) is 0 Å². The fourth-order valence-electron chi connectivity index (χ4n) is 2.02. The van der Waals surface area contributed by atoms with Gasteiger partial charge in [-0.1, -0.05) is 18.2 Å². The number of aryl methyl sites for hydroxylation is 2. The normalized spacial score (nSPS) is 12.6. The molecular weight excluding hydrogens is 222 g/mol. The smallest absolute Gasteiger partial charge is 0.105 e. The molecule has 18 heavy (non-hydrogen) atoms. The molecule has 0 fully saturated rings. The molecule has 0 spiro atoms. The van der Waals surface area contributed by atoms with Crippen LogP contribution in [0.4, 0.5) is 0 Å². The van der Waals surface area contributed by atoms with Crippen LogP contribution in [0.2, 0.25) is 0 Å². The van der Waals surface area contributed by atoms with Crippen LogP contribution in [0.5, 0.6) is 0 Å². The van der Waals surface area contributed by atoms with Gasteiger partial charge in [0.2, 0.25) is 0 Å². The van der Waals surface area contributed by atoms with Crippen LogP contribution in [0.1, 0.15) is 35.4 Å². The third-order valence-electron chi connectivity index (χ3n) is 3.43. The SMILES string of the molecule is Cc1ccc(C(C)NCCc2ccco2)cc1C. The molecule has 0 aliphatic heterocycles.